The summed E-state index contributed by atoms with van der Waals surface area (Å²) < 4.78 is 12.9. The van der Waals surface area contributed by atoms with Gasteiger partial charge in [-0.2, -0.15) is 0 Å². The van der Waals surface area contributed by atoms with Crippen molar-refractivity contribution in [2.75, 3.05) is 6.54 Å². The van der Waals surface area contributed by atoms with Crippen LogP contribution >= 0.6 is 0 Å². The number of likely N-dealkylation sites (tertiary alicyclic amines) is 1. The van der Waals surface area contributed by atoms with E-state index in [4.69, 9.17) is 0 Å². The number of carboxylic acid groups (broad SMARTS) is 1. The molecule has 6 nitrogen and oxygen atoms in total. The molecule has 146 valence electrons. The van der Waals surface area contributed by atoms with E-state index in [0.717, 1.165) is 25.7 Å². The Morgan fingerprint density at radius 3 is 2.56 bits per heavy atom. The lowest BCUT2D eigenvalue weighted by Crippen LogP contribution is -2.46. The molecule has 1 aromatic carbocycles. The fraction of sp³-hybridized carbons (Fsp3) is 0.550. The standard InChI is InChI=1S/C20H25FN2O4/c21-15-9-7-13(8-10-15)19(25)22-11-3-6-18(24)23-16-5-2-1-4-14(16)12-17(23)20(26)27/h7-10,14,16-17H,1-6,11-12H2,(H,22,25)(H,26,27). The second-order valence-corrected chi connectivity index (χ2v) is 7.37. The second-order valence-electron chi connectivity index (χ2n) is 7.37. The molecule has 0 bridgehead atoms. The van der Waals surface area contributed by atoms with Crippen molar-refractivity contribution < 1.29 is 23.9 Å². The van der Waals surface area contributed by atoms with E-state index in [9.17, 15) is 23.9 Å². The number of aliphatic carboxylic acids is 1. The Balaban J connectivity index is 1.50. The van der Waals surface area contributed by atoms with Crippen LogP contribution in [-0.2, 0) is 9.59 Å². The topological polar surface area (TPSA) is 86.7 Å². The Kier molecular flexibility index (Phi) is 6.08. The maximum absolute atomic E-state index is 12.9. The van der Waals surface area contributed by atoms with Crippen molar-refractivity contribution >= 4 is 17.8 Å². The van der Waals surface area contributed by atoms with Gasteiger partial charge in [0.05, 0.1) is 0 Å². The number of rotatable bonds is 6. The highest BCUT2D eigenvalue weighted by molar-refractivity contribution is 5.94. The normalized spacial score (nSPS) is 24.3. The third kappa shape index (κ3) is 4.46. The molecule has 1 heterocycles. The van der Waals surface area contributed by atoms with Crippen LogP contribution in [0.15, 0.2) is 24.3 Å². The first-order chi connectivity index (χ1) is 13.0. The van der Waals surface area contributed by atoms with Crippen molar-refractivity contribution in [1.29, 1.82) is 0 Å². The molecule has 2 amide bonds. The predicted octanol–water partition coefficient (Wildman–Crippen LogP) is 2.58. The average molecular weight is 376 g/mol. The predicted molar refractivity (Wildman–Crippen MR) is 96.6 cm³/mol. The molecule has 2 aliphatic rings. The molecule has 2 fully saturated rings. The Morgan fingerprint density at radius 2 is 1.85 bits per heavy atom. The van der Waals surface area contributed by atoms with Crippen LogP contribution in [0.4, 0.5) is 4.39 Å². The molecule has 0 spiro atoms. The van der Waals surface area contributed by atoms with E-state index in [1.165, 1.54) is 24.3 Å². The van der Waals surface area contributed by atoms with Crippen molar-refractivity contribution in [2.24, 2.45) is 5.92 Å². The fourth-order valence-corrected chi connectivity index (χ4v) is 4.31. The lowest BCUT2D eigenvalue weighted by Gasteiger charge is -2.33. The van der Waals surface area contributed by atoms with E-state index in [1.807, 2.05) is 0 Å². The molecule has 3 rings (SSSR count). The van der Waals surface area contributed by atoms with Gasteiger partial charge in [0.1, 0.15) is 11.9 Å². The average Bonchev–Trinajstić information content (AvgIpc) is 3.05. The van der Waals surface area contributed by atoms with Gasteiger partial charge in [-0.15, -0.1) is 0 Å². The van der Waals surface area contributed by atoms with E-state index in [2.05, 4.69) is 5.32 Å². The van der Waals surface area contributed by atoms with Crippen molar-refractivity contribution in [1.82, 2.24) is 10.2 Å². The van der Waals surface area contributed by atoms with Gasteiger partial charge in [-0.25, -0.2) is 9.18 Å². The SMILES string of the molecule is O=C(NCCCC(=O)N1C(C(=O)O)CC2CCCCC21)c1ccc(F)cc1. The summed E-state index contributed by atoms with van der Waals surface area (Å²) in [7, 11) is 0. The third-order valence-electron chi connectivity index (χ3n) is 5.62. The van der Waals surface area contributed by atoms with Gasteiger partial charge < -0.3 is 15.3 Å². The van der Waals surface area contributed by atoms with Gasteiger partial charge in [0.15, 0.2) is 0 Å². The molecular weight excluding hydrogens is 351 g/mol. The Hall–Kier alpha value is -2.44. The molecule has 1 aliphatic heterocycles. The fourth-order valence-electron chi connectivity index (χ4n) is 4.31. The van der Waals surface area contributed by atoms with Gasteiger partial charge in [0.2, 0.25) is 5.91 Å². The van der Waals surface area contributed by atoms with E-state index in [0.29, 0.717) is 30.9 Å². The Bertz CT molecular complexity index is 706. The quantitative estimate of drug-likeness (QED) is 0.747. The summed E-state index contributed by atoms with van der Waals surface area (Å²) in [5.74, 6) is -1.51. The first kappa shape index (κ1) is 19.3. The summed E-state index contributed by atoms with van der Waals surface area (Å²) in [5.41, 5.74) is 0.359. The summed E-state index contributed by atoms with van der Waals surface area (Å²) >= 11 is 0. The molecule has 3 unspecified atom stereocenters. The van der Waals surface area contributed by atoms with Gasteiger partial charge >= 0.3 is 5.97 Å². The number of carbonyl (C=O) groups is 3. The number of amides is 2. The summed E-state index contributed by atoms with van der Waals surface area (Å²) in [6.45, 7) is 0.307. The van der Waals surface area contributed by atoms with E-state index < -0.39 is 17.8 Å². The van der Waals surface area contributed by atoms with Crippen LogP contribution in [0, 0.1) is 11.7 Å². The van der Waals surface area contributed by atoms with Gasteiger partial charge in [0, 0.05) is 24.6 Å². The molecule has 7 heteroatoms. The highest BCUT2D eigenvalue weighted by Crippen LogP contribution is 2.40. The van der Waals surface area contributed by atoms with E-state index in [1.54, 1.807) is 4.90 Å². The van der Waals surface area contributed by atoms with E-state index >= 15 is 0 Å². The molecule has 1 saturated heterocycles. The number of nitrogens with zero attached hydrogens (tertiary/aromatic N) is 1. The maximum atomic E-state index is 12.9. The zero-order valence-electron chi connectivity index (χ0n) is 15.2. The molecular formula is C20H25FN2O4. The summed E-state index contributed by atoms with van der Waals surface area (Å²) in [4.78, 5) is 37.8. The van der Waals surface area contributed by atoms with Crippen molar-refractivity contribution in [3.8, 4) is 0 Å². The molecule has 0 radical (unpaired) electrons. The molecule has 0 aromatic heterocycles. The van der Waals surface area contributed by atoms with Crippen molar-refractivity contribution in [3.05, 3.63) is 35.6 Å². The van der Waals surface area contributed by atoms with Gasteiger partial charge in [0.25, 0.3) is 5.91 Å². The van der Waals surface area contributed by atoms with Crippen molar-refractivity contribution in [3.63, 3.8) is 0 Å². The largest absolute Gasteiger partial charge is 0.480 e. The minimum Gasteiger partial charge on any atom is -0.480 e. The zero-order chi connectivity index (χ0) is 19.4. The summed E-state index contributed by atoms with van der Waals surface area (Å²) in [6.07, 6.45) is 5.19. The zero-order valence-corrected chi connectivity index (χ0v) is 15.2. The van der Waals surface area contributed by atoms with Crippen LogP contribution in [0.25, 0.3) is 0 Å². The number of carboxylic acids is 1. The second kappa shape index (κ2) is 8.50. The van der Waals surface area contributed by atoms with Crippen molar-refractivity contribution in [2.45, 2.75) is 57.0 Å². The number of carbonyl (C=O) groups excluding carboxylic acids is 2. The van der Waals surface area contributed by atoms with Gasteiger partial charge in [-0.1, -0.05) is 12.8 Å². The number of hydrogen-bond donors (Lipinski definition) is 2. The first-order valence-corrected chi connectivity index (χ1v) is 9.55. The molecule has 1 aliphatic carbocycles. The first-order valence-electron chi connectivity index (χ1n) is 9.55. The van der Waals surface area contributed by atoms with Crippen LogP contribution in [0.3, 0.4) is 0 Å². The molecule has 3 atom stereocenters. The van der Waals surface area contributed by atoms with Crippen LogP contribution in [0.1, 0.15) is 55.3 Å². The van der Waals surface area contributed by atoms with Crippen LogP contribution in [0.5, 0.6) is 0 Å². The monoisotopic (exact) mass is 376 g/mol. The molecule has 1 aromatic rings. The Morgan fingerprint density at radius 1 is 1.15 bits per heavy atom. The number of nitrogens with one attached hydrogen (secondary N) is 1. The molecule has 27 heavy (non-hydrogen) atoms. The lowest BCUT2D eigenvalue weighted by atomic mass is 9.84. The van der Waals surface area contributed by atoms with Crippen LogP contribution in [-0.4, -0.2) is 46.4 Å². The minimum absolute atomic E-state index is 0.0427. The molecule has 1 saturated carbocycles. The number of benzene rings is 1. The Labute approximate surface area is 157 Å². The van der Waals surface area contributed by atoms with Gasteiger partial charge in [-0.05, 0) is 55.9 Å². The third-order valence-corrected chi connectivity index (χ3v) is 5.62. The lowest BCUT2D eigenvalue weighted by molar-refractivity contribution is -0.149. The summed E-state index contributed by atoms with van der Waals surface area (Å²) in [5, 5.41) is 12.2. The minimum atomic E-state index is -0.928. The smallest absolute Gasteiger partial charge is 0.326 e. The maximum Gasteiger partial charge on any atom is 0.326 e. The number of halogens is 1. The summed E-state index contributed by atoms with van der Waals surface area (Å²) in [6, 6.07) is 4.57. The van der Waals surface area contributed by atoms with Crippen LogP contribution in [0.2, 0.25) is 0 Å². The van der Waals surface area contributed by atoms with Gasteiger partial charge in [-0.3, -0.25) is 9.59 Å². The number of fused-ring (bicyclic) bond motifs is 1. The number of hydrogen-bond acceptors (Lipinski definition) is 3. The highest BCUT2D eigenvalue weighted by atomic mass is 19.1. The van der Waals surface area contributed by atoms with Crippen LogP contribution < -0.4 is 5.32 Å². The molecule has 2 N–H and O–H groups in total. The van der Waals surface area contributed by atoms with E-state index in [-0.39, 0.29) is 24.3 Å². The highest BCUT2D eigenvalue weighted by Gasteiger charge is 2.47.